The zero-order chi connectivity index (χ0) is 21.6. The smallest absolute Gasteiger partial charge is 0.338 e. The lowest BCUT2D eigenvalue weighted by atomic mass is 10.2. The van der Waals surface area contributed by atoms with Gasteiger partial charge in [0.1, 0.15) is 5.82 Å². The number of rotatable bonds is 7. The summed E-state index contributed by atoms with van der Waals surface area (Å²) in [5, 5.41) is 8.51. The van der Waals surface area contributed by atoms with Gasteiger partial charge in [-0.3, -0.25) is 0 Å². The maximum absolute atomic E-state index is 13.1. The number of nitrogens with zero attached hydrogens (tertiary/aromatic N) is 3. The van der Waals surface area contributed by atoms with E-state index in [9.17, 15) is 17.6 Å². The number of hydrogen-bond donors (Lipinski definition) is 0. The molecule has 0 bridgehead atoms. The minimum atomic E-state index is -3.76. The van der Waals surface area contributed by atoms with Crippen molar-refractivity contribution in [1.82, 2.24) is 4.31 Å². The summed E-state index contributed by atoms with van der Waals surface area (Å²) in [4.78, 5) is 14.2. The quantitative estimate of drug-likeness (QED) is 0.495. The summed E-state index contributed by atoms with van der Waals surface area (Å²) in [6.07, 6.45) is 0.712. The van der Waals surface area contributed by atoms with Crippen molar-refractivity contribution in [2.24, 2.45) is 0 Å². The third kappa shape index (κ3) is 5.14. The van der Waals surface area contributed by atoms with Crippen LogP contribution in [0.25, 0.3) is 0 Å². The summed E-state index contributed by atoms with van der Waals surface area (Å²) in [5.74, 6) is -0.936. The number of carbonyl (C=O) groups excluding carboxylic acids is 1. The van der Waals surface area contributed by atoms with E-state index in [0.717, 1.165) is 5.69 Å². The SMILES string of the molecule is N#CCCCOC(=O)c1cccc(S(=O)(=O)N2CCN(c3ccc(F)cc3)CC2)c1. The van der Waals surface area contributed by atoms with Gasteiger partial charge in [0, 0.05) is 38.3 Å². The van der Waals surface area contributed by atoms with E-state index in [2.05, 4.69) is 0 Å². The summed E-state index contributed by atoms with van der Waals surface area (Å²) in [5.41, 5.74) is 0.993. The van der Waals surface area contributed by atoms with E-state index in [1.165, 1.54) is 40.7 Å². The van der Waals surface area contributed by atoms with Crippen LogP contribution in [0.4, 0.5) is 10.1 Å². The zero-order valence-corrected chi connectivity index (χ0v) is 17.1. The lowest BCUT2D eigenvalue weighted by Crippen LogP contribution is -2.48. The first kappa shape index (κ1) is 21.7. The second-order valence-corrected chi connectivity index (χ2v) is 8.73. The second-order valence-electron chi connectivity index (χ2n) is 6.79. The van der Waals surface area contributed by atoms with Crippen LogP contribution >= 0.6 is 0 Å². The molecule has 1 aliphatic heterocycles. The van der Waals surface area contributed by atoms with Crippen LogP contribution in [0.2, 0.25) is 0 Å². The highest BCUT2D eigenvalue weighted by Crippen LogP contribution is 2.22. The van der Waals surface area contributed by atoms with Crippen molar-refractivity contribution >= 4 is 21.7 Å². The predicted molar refractivity (Wildman–Crippen MR) is 109 cm³/mol. The number of unbranched alkanes of at least 4 members (excludes halogenated alkanes) is 1. The molecule has 0 amide bonds. The number of anilines is 1. The fourth-order valence-electron chi connectivity index (χ4n) is 3.17. The number of ether oxygens (including phenoxy) is 1. The third-order valence-electron chi connectivity index (χ3n) is 4.80. The normalized spacial score (nSPS) is 14.9. The maximum atomic E-state index is 13.1. The van der Waals surface area contributed by atoms with Gasteiger partial charge >= 0.3 is 5.97 Å². The molecule has 2 aromatic rings. The van der Waals surface area contributed by atoms with Gasteiger partial charge in [-0.2, -0.15) is 9.57 Å². The molecule has 9 heteroatoms. The summed E-state index contributed by atoms with van der Waals surface area (Å²) in [7, 11) is -3.76. The molecule has 0 saturated carbocycles. The highest BCUT2D eigenvalue weighted by Gasteiger charge is 2.29. The number of benzene rings is 2. The molecule has 2 aromatic carbocycles. The van der Waals surface area contributed by atoms with E-state index in [0.29, 0.717) is 19.5 Å². The van der Waals surface area contributed by atoms with Crippen molar-refractivity contribution in [3.05, 3.63) is 59.9 Å². The van der Waals surface area contributed by atoms with E-state index in [4.69, 9.17) is 10.00 Å². The van der Waals surface area contributed by atoms with Crippen molar-refractivity contribution in [3.63, 3.8) is 0 Å². The molecular formula is C21H22FN3O4S. The van der Waals surface area contributed by atoms with E-state index in [-0.39, 0.29) is 42.4 Å². The number of nitriles is 1. The molecule has 0 radical (unpaired) electrons. The van der Waals surface area contributed by atoms with Gasteiger partial charge in [-0.1, -0.05) is 6.07 Å². The van der Waals surface area contributed by atoms with Crippen molar-refractivity contribution in [1.29, 1.82) is 5.26 Å². The number of piperazine rings is 1. The van der Waals surface area contributed by atoms with Gasteiger partial charge in [-0.05, 0) is 48.9 Å². The van der Waals surface area contributed by atoms with Crippen molar-refractivity contribution < 1.29 is 22.3 Å². The minimum absolute atomic E-state index is 0.0317. The van der Waals surface area contributed by atoms with Crippen LogP contribution in [-0.2, 0) is 14.8 Å². The van der Waals surface area contributed by atoms with Crippen molar-refractivity contribution in [3.8, 4) is 6.07 Å². The predicted octanol–water partition coefficient (Wildman–Crippen LogP) is 2.80. The molecule has 1 saturated heterocycles. The van der Waals surface area contributed by atoms with Crippen LogP contribution < -0.4 is 4.90 Å². The Kier molecular flexibility index (Phi) is 7.03. The topological polar surface area (TPSA) is 90.7 Å². The van der Waals surface area contributed by atoms with Gasteiger partial charge in [0.25, 0.3) is 0 Å². The Morgan fingerprint density at radius 2 is 1.80 bits per heavy atom. The number of halogens is 1. The van der Waals surface area contributed by atoms with Crippen molar-refractivity contribution in [2.75, 3.05) is 37.7 Å². The molecule has 7 nitrogen and oxygen atoms in total. The van der Waals surface area contributed by atoms with E-state index >= 15 is 0 Å². The third-order valence-corrected chi connectivity index (χ3v) is 6.70. The Bertz CT molecular complexity index is 1030. The minimum Gasteiger partial charge on any atom is -0.462 e. The lowest BCUT2D eigenvalue weighted by Gasteiger charge is -2.35. The molecule has 0 N–H and O–H groups in total. The number of sulfonamides is 1. The molecule has 0 aromatic heterocycles. The van der Waals surface area contributed by atoms with Crippen LogP contribution in [0.1, 0.15) is 23.2 Å². The Morgan fingerprint density at radius 3 is 2.47 bits per heavy atom. The van der Waals surface area contributed by atoms with Gasteiger partial charge in [0.2, 0.25) is 10.0 Å². The van der Waals surface area contributed by atoms with E-state index in [1.54, 1.807) is 12.1 Å². The molecule has 1 heterocycles. The number of carbonyl (C=O) groups is 1. The summed E-state index contributed by atoms with van der Waals surface area (Å²) in [6, 6.07) is 13.8. The Hall–Kier alpha value is -2.96. The van der Waals surface area contributed by atoms with Crippen LogP contribution in [0.3, 0.4) is 0 Å². The molecular weight excluding hydrogens is 409 g/mol. The average molecular weight is 431 g/mol. The molecule has 0 aliphatic carbocycles. The molecule has 0 spiro atoms. The number of hydrogen-bond acceptors (Lipinski definition) is 6. The van der Waals surface area contributed by atoms with E-state index in [1.807, 2.05) is 11.0 Å². The molecule has 0 unspecified atom stereocenters. The molecule has 158 valence electrons. The fraction of sp³-hybridized carbons (Fsp3) is 0.333. The first-order chi connectivity index (χ1) is 14.4. The number of esters is 1. The Balaban J connectivity index is 1.65. The van der Waals surface area contributed by atoms with E-state index < -0.39 is 16.0 Å². The highest BCUT2D eigenvalue weighted by atomic mass is 32.2. The molecule has 0 atom stereocenters. The van der Waals surface area contributed by atoms with Gasteiger partial charge in [-0.25, -0.2) is 17.6 Å². The van der Waals surface area contributed by atoms with Gasteiger partial charge in [0.15, 0.2) is 0 Å². The monoisotopic (exact) mass is 431 g/mol. The summed E-state index contributed by atoms with van der Waals surface area (Å²) in [6.45, 7) is 1.62. The van der Waals surface area contributed by atoms with Crippen LogP contribution in [-0.4, -0.2) is 51.5 Å². The summed E-state index contributed by atoms with van der Waals surface area (Å²) >= 11 is 0. The first-order valence-electron chi connectivity index (χ1n) is 9.56. The Morgan fingerprint density at radius 1 is 1.10 bits per heavy atom. The molecule has 30 heavy (non-hydrogen) atoms. The zero-order valence-electron chi connectivity index (χ0n) is 16.3. The molecule has 1 fully saturated rings. The second kappa shape index (κ2) is 9.69. The highest BCUT2D eigenvalue weighted by molar-refractivity contribution is 7.89. The maximum Gasteiger partial charge on any atom is 0.338 e. The van der Waals surface area contributed by atoms with Gasteiger partial charge < -0.3 is 9.64 Å². The average Bonchev–Trinajstić information content (AvgIpc) is 2.77. The summed E-state index contributed by atoms with van der Waals surface area (Å²) < 4.78 is 45.6. The first-order valence-corrected chi connectivity index (χ1v) is 11.0. The lowest BCUT2D eigenvalue weighted by molar-refractivity contribution is 0.0501. The van der Waals surface area contributed by atoms with Crippen molar-refractivity contribution in [2.45, 2.75) is 17.7 Å². The fourth-order valence-corrected chi connectivity index (χ4v) is 4.64. The van der Waals surface area contributed by atoms with Crippen LogP contribution in [0.5, 0.6) is 0 Å². The Labute approximate surface area is 175 Å². The molecule has 3 rings (SSSR count). The van der Waals surface area contributed by atoms with Gasteiger partial charge in [0.05, 0.1) is 23.1 Å². The van der Waals surface area contributed by atoms with Gasteiger partial charge in [-0.15, -0.1) is 0 Å². The van der Waals surface area contributed by atoms with Crippen LogP contribution in [0.15, 0.2) is 53.4 Å². The largest absolute Gasteiger partial charge is 0.462 e. The standard InChI is InChI=1S/C21H22FN3O4S/c22-18-6-8-19(9-7-18)24-11-13-25(14-12-24)30(27,28)20-5-3-4-17(16-20)21(26)29-15-2-1-10-23/h3-9,16H,1-2,11-15H2. The molecule has 1 aliphatic rings. The van der Waals surface area contributed by atoms with Crippen LogP contribution in [0, 0.1) is 17.1 Å².